The van der Waals surface area contributed by atoms with Crippen LogP contribution in [0.3, 0.4) is 0 Å². The molecule has 4 rings (SSSR count). The number of carboxylic acids is 1. The Morgan fingerprint density at radius 3 is 2.60 bits per heavy atom. The molecule has 1 saturated heterocycles. The molecule has 1 aliphatic heterocycles. The number of fused-ring (bicyclic) bond motifs is 1. The second kappa shape index (κ2) is 6.07. The average molecular weight is 341 g/mol. The van der Waals surface area contributed by atoms with E-state index in [0.29, 0.717) is 18.2 Å². The normalized spacial score (nSPS) is 23.1. The molecule has 0 bridgehead atoms. The third kappa shape index (κ3) is 3.02. The minimum Gasteiger partial charge on any atom is -0.545 e. The van der Waals surface area contributed by atoms with Crippen LogP contribution in [0.15, 0.2) is 18.6 Å². The molecule has 2 aliphatic rings. The van der Waals surface area contributed by atoms with Gasteiger partial charge >= 0.3 is 18.9 Å². The van der Waals surface area contributed by atoms with Crippen molar-refractivity contribution in [1.29, 1.82) is 0 Å². The molecule has 25 heavy (non-hydrogen) atoms. The van der Waals surface area contributed by atoms with Gasteiger partial charge in [-0.2, -0.15) is 5.10 Å². The SMILES string of the molecule is Cc1nc(N2CC3C(C2)C3(F)F)ncc1Cn1cc(C(=O)[O-])cn1.[Li+]. The van der Waals surface area contributed by atoms with Crippen molar-refractivity contribution in [2.24, 2.45) is 11.8 Å². The first-order chi connectivity index (χ1) is 11.4. The molecule has 0 amide bonds. The molecule has 3 heterocycles. The topological polar surface area (TPSA) is 87.0 Å². The summed E-state index contributed by atoms with van der Waals surface area (Å²) in [7, 11) is 0. The van der Waals surface area contributed by atoms with E-state index in [4.69, 9.17) is 0 Å². The van der Waals surface area contributed by atoms with E-state index in [-0.39, 0.29) is 37.5 Å². The Morgan fingerprint density at radius 2 is 2.04 bits per heavy atom. The largest absolute Gasteiger partial charge is 1.00 e. The fourth-order valence-electron chi connectivity index (χ4n) is 3.19. The van der Waals surface area contributed by atoms with Crippen LogP contribution >= 0.6 is 0 Å². The van der Waals surface area contributed by atoms with E-state index in [1.807, 2.05) is 0 Å². The molecule has 1 aliphatic carbocycles. The van der Waals surface area contributed by atoms with Gasteiger partial charge in [0.1, 0.15) is 0 Å². The van der Waals surface area contributed by atoms with E-state index in [0.717, 1.165) is 5.56 Å². The van der Waals surface area contributed by atoms with Crippen molar-refractivity contribution in [3.8, 4) is 0 Å². The van der Waals surface area contributed by atoms with Gasteiger partial charge in [0.15, 0.2) is 0 Å². The summed E-state index contributed by atoms with van der Waals surface area (Å²) in [5, 5.41) is 14.7. The Balaban J connectivity index is 0.00000182. The maximum Gasteiger partial charge on any atom is 1.00 e. The number of alkyl halides is 2. The third-order valence-electron chi connectivity index (χ3n) is 4.75. The summed E-state index contributed by atoms with van der Waals surface area (Å²) in [5.74, 6) is -4.51. The van der Waals surface area contributed by atoms with Crippen LogP contribution in [0.2, 0.25) is 0 Å². The standard InChI is InChI=1S/C15H15F2N5O2.Li/c1-8-9(4-22-5-10(3-19-22)13(23)24)2-18-14(20-8)21-6-11-12(7-21)15(11,16)17;/h2-3,5,11-12H,4,6-7H2,1H3,(H,23,24);/q;+1/p-1. The number of piperidine rings is 1. The number of aromatic carboxylic acids is 1. The molecule has 7 nitrogen and oxygen atoms in total. The van der Waals surface area contributed by atoms with Crippen molar-refractivity contribution in [3.63, 3.8) is 0 Å². The number of hydrogen-bond donors (Lipinski definition) is 0. The maximum absolute atomic E-state index is 13.3. The van der Waals surface area contributed by atoms with Crippen LogP contribution in [-0.2, 0) is 6.54 Å². The maximum atomic E-state index is 13.3. The number of carbonyl (C=O) groups excluding carboxylic acids is 1. The zero-order valence-corrected chi connectivity index (χ0v) is 13.8. The van der Waals surface area contributed by atoms with E-state index in [9.17, 15) is 18.7 Å². The molecule has 0 N–H and O–H groups in total. The Labute approximate surface area is 154 Å². The van der Waals surface area contributed by atoms with Crippen molar-refractivity contribution >= 4 is 11.9 Å². The number of nitrogens with zero attached hydrogens (tertiary/aromatic N) is 5. The third-order valence-corrected chi connectivity index (χ3v) is 4.75. The van der Waals surface area contributed by atoms with Crippen molar-refractivity contribution in [3.05, 3.63) is 35.4 Å². The van der Waals surface area contributed by atoms with E-state index < -0.39 is 23.7 Å². The number of carboxylic acid groups (broad SMARTS) is 1. The summed E-state index contributed by atoms with van der Waals surface area (Å²) in [6, 6.07) is 0. The molecule has 10 heteroatoms. The predicted octanol–water partition coefficient (Wildman–Crippen LogP) is -2.90. The molecule has 2 aromatic heterocycles. The van der Waals surface area contributed by atoms with Crippen LogP contribution in [-0.4, -0.2) is 44.7 Å². The van der Waals surface area contributed by atoms with Crippen LogP contribution in [0.25, 0.3) is 0 Å². The van der Waals surface area contributed by atoms with Gasteiger partial charge < -0.3 is 14.8 Å². The van der Waals surface area contributed by atoms with Gasteiger partial charge in [-0.15, -0.1) is 0 Å². The predicted molar refractivity (Wildman–Crippen MR) is 76.6 cm³/mol. The summed E-state index contributed by atoms with van der Waals surface area (Å²) in [5.41, 5.74) is 1.49. The number of rotatable bonds is 4. The zero-order valence-electron chi connectivity index (χ0n) is 13.8. The Bertz CT molecular complexity index is 814. The number of anilines is 1. The van der Waals surface area contributed by atoms with E-state index in [1.54, 1.807) is 18.0 Å². The first kappa shape index (κ1) is 17.8. The molecular formula is C15H14F2LiN5O2. The fourth-order valence-corrected chi connectivity index (χ4v) is 3.19. The van der Waals surface area contributed by atoms with Gasteiger partial charge in [0, 0.05) is 42.3 Å². The van der Waals surface area contributed by atoms with Gasteiger partial charge in [-0.05, 0) is 6.92 Å². The van der Waals surface area contributed by atoms with Crippen LogP contribution in [0.1, 0.15) is 21.6 Å². The van der Waals surface area contributed by atoms with E-state index in [2.05, 4.69) is 15.1 Å². The van der Waals surface area contributed by atoms with E-state index >= 15 is 0 Å². The average Bonchev–Trinajstić information content (AvgIpc) is 3.00. The Morgan fingerprint density at radius 1 is 1.36 bits per heavy atom. The van der Waals surface area contributed by atoms with Crippen LogP contribution in [0.5, 0.6) is 0 Å². The van der Waals surface area contributed by atoms with Crippen LogP contribution in [0.4, 0.5) is 14.7 Å². The Hall–Kier alpha value is -1.98. The molecule has 126 valence electrons. The second-order valence-corrected chi connectivity index (χ2v) is 6.29. The Kier molecular flexibility index (Phi) is 4.33. The first-order valence-corrected chi connectivity index (χ1v) is 7.55. The number of aromatic nitrogens is 4. The van der Waals surface area contributed by atoms with Gasteiger partial charge in [0.25, 0.3) is 5.92 Å². The molecule has 2 atom stereocenters. The molecular weight excluding hydrogens is 327 g/mol. The van der Waals surface area contributed by atoms with Crippen LogP contribution in [0, 0.1) is 18.8 Å². The minimum absolute atomic E-state index is 0. The quantitative estimate of drug-likeness (QED) is 0.555. The van der Waals surface area contributed by atoms with Crippen molar-refractivity contribution in [2.45, 2.75) is 19.4 Å². The number of hydrogen-bond acceptors (Lipinski definition) is 6. The monoisotopic (exact) mass is 341 g/mol. The summed E-state index contributed by atoms with van der Waals surface area (Å²) in [4.78, 5) is 21.2. The van der Waals surface area contributed by atoms with Gasteiger partial charge in [0.05, 0.1) is 30.5 Å². The summed E-state index contributed by atoms with van der Waals surface area (Å²) in [6.45, 7) is 2.69. The number of carbonyl (C=O) groups is 1. The number of aryl methyl sites for hydroxylation is 1. The number of halogens is 2. The van der Waals surface area contributed by atoms with E-state index in [1.165, 1.54) is 17.1 Å². The first-order valence-electron chi connectivity index (χ1n) is 7.55. The van der Waals surface area contributed by atoms with Gasteiger partial charge in [-0.1, -0.05) is 0 Å². The molecule has 0 spiro atoms. The van der Waals surface area contributed by atoms with Crippen molar-refractivity contribution < 1.29 is 37.5 Å². The van der Waals surface area contributed by atoms with Crippen molar-refractivity contribution in [1.82, 2.24) is 19.7 Å². The summed E-state index contributed by atoms with van der Waals surface area (Å²) < 4.78 is 28.0. The van der Waals surface area contributed by atoms with Gasteiger partial charge in [-0.25, -0.2) is 18.7 Å². The molecule has 2 aromatic rings. The van der Waals surface area contributed by atoms with Gasteiger partial charge in [0.2, 0.25) is 5.95 Å². The molecule has 2 fully saturated rings. The summed E-state index contributed by atoms with van der Waals surface area (Å²) >= 11 is 0. The smallest absolute Gasteiger partial charge is 0.545 e. The van der Waals surface area contributed by atoms with Crippen molar-refractivity contribution in [2.75, 3.05) is 18.0 Å². The van der Waals surface area contributed by atoms with Crippen LogP contribution < -0.4 is 28.9 Å². The molecule has 0 aromatic carbocycles. The fraction of sp³-hybridized carbons (Fsp3) is 0.467. The molecule has 2 unspecified atom stereocenters. The zero-order chi connectivity index (χ0) is 17.1. The molecule has 0 radical (unpaired) electrons. The minimum atomic E-state index is -2.53. The molecule has 1 saturated carbocycles. The summed E-state index contributed by atoms with van der Waals surface area (Å²) in [6.07, 6.45) is 4.22. The van der Waals surface area contributed by atoms with Gasteiger partial charge in [-0.3, -0.25) is 4.68 Å². The second-order valence-electron chi connectivity index (χ2n) is 6.29.